The summed E-state index contributed by atoms with van der Waals surface area (Å²) in [7, 11) is 0. The van der Waals surface area contributed by atoms with Crippen LogP contribution < -0.4 is 5.01 Å². The van der Waals surface area contributed by atoms with Crippen LogP contribution in [0, 0.1) is 0 Å². The molecule has 1 amide bonds. The predicted molar refractivity (Wildman–Crippen MR) is 114 cm³/mol. The summed E-state index contributed by atoms with van der Waals surface area (Å²) in [6, 6.07) is 17.3. The number of hydrogen-bond donors (Lipinski definition) is 0. The van der Waals surface area contributed by atoms with Crippen LogP contribution in [-0.4, -0.2) is 45.8 Å². The lowest BCUT2D eigenvalue weighted by Gasteiger charge is -2.25. The Morgan fingerprint density at radius 2 is 1.90 bits per heavy atom. The molecule has 5 rings (SSSR count). The number of hydrogen-bond acceptors (Lipinski definition) is 6. The molecule has 1 aromatic heterocycles. The van der Waals surface area contributed by atoms with Crippen molar-refractivity contribution >= 4 is 29.2 Å². The average molecular weight is 422 g/mol. The number of aromatic nitrogens is 2. The molecule has 3 heterocycles. The Morgan fingerprint density at radius 1 is 1.10 bits per heavy atom. The molecule has 30 heavy (non-hydrogen) atoms. The molecule has 0 saturated carbocycles. The summed E-state index contributed by atoms with van der Waals surface area (Å²) in [5, 5.41) is 11.3. The molecule has 152 valence electrons. The van der Waals surface area contributed by atoms with Gasteiger partial charge in [0.2, 0.25) is 11.8 Å². The van der Waals surface area contributed by atoms with Gasteiger partial charge in [0.05, 0.1) is 24.7 Å². The van der Waals surface area contributed by atoms with Crippen LogP contribution >= 0.6 is 11.6 Å². The number of benzene rings is 2. The van der Waals surface area contributed by atoms with Crippen LogP contribution in [0.5, 0.6) is 0 Å². The topological polar surface area (TPSA) is 74.8 Å². The number of hydrazone groups is 1. The van der Waals surface area contributed by atoms with E-state index in [-0.39, 0.29) is 11.9 Å². The quantitative estimate of drug-likeness (QED) is 0.630. The van der Waals surface area contributed by atoms with Gasteiger partial charge in [-0.2, -0.15) is 10.1 Å². The number of nitrogens with zero attached hydrogens (tertiary/aromatic N) is 5. The van der Waals surface area contributed by atoms with Crippen molar-refractivity contribution in [2.75, 3.05) is 18.1 Å². The van der Waals surface area contributed by atoms with Gasteiger partial charge < -0.3 is 9.42 Å². The van der Waals surface area contributed by atoms with Gasteiger partial charge in [0.25, 0.3) is 5.95 Å². The summed E-state index contributed by atoms with van der Waals surface area (Å²) in [5.41, 5.74) is 2.84. The average Bonchev–Trinajstić information content (AvgIpc) is 3.49. The van der Waals surface area contributed by atoms with Crippen LogP contribution in [-0.2, 0) is 11.2 Å². The molecule has 0 radical (unpaired) electrons. The molecule has 0 aliphatic carbocycles. The van der Waals surface area contributed by atoms with Crippen molar-refractivity contribution in [3.05, 3.63) is 76.6 Å². The van der Waals surface area contributed by atoms with E-state index in [0.29, 0.717) is 36.2 Å². The monoisotopic (exact) mass is 421 g/mol. The zero-order valence-corrected chi connectivity index (χ0v) is 17.0. The van der Waals surface area contributed by atoms with E-state index in [0.717, 1.165) is 29.8 Å². The first-order valence-corrected chi connectivity index (χ1v) is 10.3. The highest BCUT2D eigenvalue weighted by atomic mass is 35.5. The van der Waals surface area contributed by atoms with Gasteiger partial charge in [-0.25, -0.2) is 5.01 Å². The Morgan fingerprint density at radius 3 is 2.63 bits per heavy atom. The Bertz CT molecular complexity index is 1080. The van der Waals surface area contributed by atoms with Crippen LogP contribution in [0.2, 0.25) is 5.02 Å². The zero-order valence-electron chi connectivity index (χ0n) is 16.2. The Hall–Kier alpha value is -3.19. The van der Waals surface area contributed by atoms with Gasteiger partial charge in [-0.3, -0.25) is 4.79 Å². The molecular formula is C22H20ClN5O2. The number of anilines is 1. The molecule has 1 atom stereocenters. The molecule has 8 heteroatoms. The molecule has 1 saturated heterocycles. The molecule has 0 N–H and O–H groups in total. The molecule has 2 aliphatic rings. The smallest absolute Gasteiger partial charge is 0.286 e. The number of carbonyl (C=O) groups is 1. The third kappa shape index (κ3) is 3.68. The summed E-state index contributed by atoms with van der Waals surface area (Å²) >= 11 is 6.05. The first kappa shape index (κ1) is 18.8. The van der Waals surface area contributed by atoms with Crippen molar-refractivity contribution in [3.8, 4) is 0 Å². The van der Waals surface area contributed by atoms with Gasteiger partial charge in [0.15, 0.2) is 0 Å². The summed E-state index contributed by atoms with van der Waals surface area (Å²) in [6.45, 7) is 1.23. The number of likely N-dealkylation sites (tertiary alicyclic amines) is 1. The fourth-order valence-electron chi connectivity index (χ4n) is 3.92. The van der Waals surface area contributed by atoms with Gasteiger partial charge in [-0.15, -0.1) is 0 Å². The van der Waals surface area contributed by atoms with E-state index in [1.54, 1.807) is 5.01 Å². The highest BCUT2D eigenvalue weighted by molar-refractivity contribution is 6.30. The van der Waals surface area contributed by atoms with Gasteiger partial charge in [0.1, 0.15) is 0 Å². The molecular weight excluding hydrogens is 402 g/mol. The first-order chi connectivity index (χ1) is 14.7. The van der Waals surface area contributed by atoms with E-state index < -0.39 is 0 Å². The van der Waals surface area contributed by atoms with E-state index in [1.165, 1.54) is 0 Å². The maximum Gasteiger partial charge on any atom is 0.286 e. The first-order valence-electron chi connectivity index (χ1n) is 9.95. The Kier molecular flexibility index (Phi) is 4.96. The van der Waals surface area contributed by atoms with E-state index in [9.17, 15) is 4.79 Å². The number of carbonyl (C=O) groups excluding carboxylic acids is 1. The highest BCUT2D eigenvalue weighted by Gasteiger charge is 2.38. The lowest BCUT2D eigenvalue weighted by atomic mass is 10.0. The van der Waals surface area contributed by atoms with E-state index in [4.69, 9.17) is 21.2 Å². The second-order valence-electron chi connectivity index (χ2n) is 7.43. The van der Waals surface area contributed by atoms with Crippen LogP contribution in [0.1, 0.15) is 29.9 Å². The van der Waals surface area contributed by atoms with Crippen molar-refractivity contribution in [2.24, 2.45) is 5.10 Å². The van der Waals surface area contributed by atoms with Crippen molar-refractivity contribution in [3.63, 3.8) is 0 Å². The molecule has 1 fully saturated rings. The van der Waals surface area contributed by atoms with E-state index in [2.05, 4.69) is 10.1 Å². The third-order valence-electron chi connectivity index (χ3n) is 5.40. The van der Waals surface area contributed by atoms with Crippen LogP contribution in [0.3, 0.4) is 0 Å². The largest absolute Gasteiger partial charge is 0.337 e. The molecule has 3 aromatic rings. The Labute approximate surface area is 178 Å². The second-order valence-corrected chi connectivity index (χ2v) is 7.87. The second kappa shape index (κ2) is 7.91. The fraction of sp³-hybridized carbons (Fsp3) is 0.273. The summed E-state index contributed by atoms with van der Waals surface area (Å²) < 4.78 is 5.45. The molecule has 1 unspecified atom stereocenters. The maximum atomic E-state index is 12.4. The van der Waals surface area contributed by atoms with Crippen LogP contribution in [0.4, 0.5) is 5.95 Å². The van der Waals surface area contributed by atoms with Crippen molar-refractivity contribution in [1.29, 1.82) is 0 Å². The molecule has 7 nitrogen and oxygen atoms in total. The normalized spacial score (nSPS) is 18.9. The standard InChI is InChI=1S/C22H20ClN5O2/c23-17-10-8-16(9-11-17)21-18(27-12-4-7-20(27)29)14-28(25-21)22-24-19(30-26-22)13-15-5-2-1-3-6-15/h1-3,5-6,8-11,18H,4,7,12-14H2. The Balaban J connectivity index is 1.43. The van der Waals surface area contributed by atoms with Crippen LogP contribution in [0.15, 0.2) is 64.2 Å². The third-order valence-corrected chi connectivity index (χ3v) is 5.65. The lowest BCUT2D eigenvalue weighted by Crippen LogP contribution is -2.44. The number of amides is 1. The zero-order chi connectivity index (χ0) is 20.5. The minimum Gasteiger partial charge on any atom is -0.337 e. The van der Waals surface area contributed by atoms with Gasteiger partial charge in [-0.1, -0.05) is 54.1 Å². The minimum absolute atomic E-state index is 0.154. The summed E-state index contributed by atoms with van der Waals surface area (Å²) in [4.78, 5) is 18.9. The predicted octanol–water partition coefficient (Wildman–Crippen LogP) is 3.53. The SMILES string of the molecule is O=C1CCCN1C1CN(c2noc(Cc3ccccc3)n2)N=C1c1ccc(Cl)cc1. The van der Waals surface area contributed by atoms with Crippen molar-refractivity contribution in [2.45, 2.75) is 25.3 Å². The van der Waals surface area contributed by atoms with Crippen LogP contribution in [0.25, 0.3) is 0 Å². The van der Waals surface area contributed by atoms with E-state index >= 15 is 0 Å². The number of halogens is 1. The minimum atomic E-state index is -0.155. The lowest BCUT2D eigenvalue weighted by molar-refractivity contribution is -0.128. The molecule has 0 spiro atoms. The highest BCUT2D eigenvalue weighted by Crippen LogP contribution is 2.27. The van der Waals surface area contributed by atoms with E-state index in [1.807, 2.05) is 59.5 Å². The molecule has 2 aliphatic heterocycles. The fourth-order valence-corrected chi connectivity index (χ4v) is 4.05. The number of rotatable bonds is 5. The molecule has 0 bridgehead atoms. The molecule has 2 aromatic carbocycles. The van der Waals surface area contributed by atoms with Crippen molar-refractivity contribution < 1.29 is 9.32 Å². The van der Waals surface area contributed by atoms with Gasteiger partial charge in [0, 0.05) is 23.6 Å². The van der Waals surface area contributed by atoms with Crippen molar-refractivity contribution in [1.82, 2.24) is 15.0 Å². The van der Waals surface area contributed by atoms with Gasteiger partial charge in [-0.05, 0) is 29.3 Å². The summed E-state index contributed by atoms with van der Waals surface area (Å²) in [5.74, 6) is 1.09. The summed E-state index contributed by atoms with van der Waals surface area (Å²) in [6.07, 6.45) is 2.00. The maximum absolute atomic E-state index is 12.4. The van der Waals surface area contributed by atoms with Gasteiger partial charge >= 0.3 is 0 Å².